The highest BCUT2D eigenvalue weighted by Crippen LogP contribution is 2.29. The number of nitrogens with zero attached hydrogens (tertiary/aromatic N) is 2. The molecule has 0 radical (unpaired) electrons. The molecule has 4 rings (SSSR count). The molecule has 1 saturated heterocycles. The monoisotopic (exact) mass is 406 g/mol. The van der Waals surface area contributed by atoms with Gasteiger partial charge in [0.05, 0.1) is 11.8 Å². The van der Waals surface area contributed by atoms with E-state index in [4.69, 9.17) is 5.21 Å². The maximum absolute atomic E-state index is 11.1. The van der Waals surface area contributed by atoms with E-state index in [2.05, 4.69) is 40.0 Å². The van der Waals surface area contributed by atoms with Gasteiger partial charge in [0.25, 0.3) is 5.91 Å². The number of pyridine rings is 1. The Balaban J connectivity index is 1.47. The van der Waals surface area contributed by atoms with Crippen molar-refractivity contribution in [2.45, 2.75) is 38.5 Å². The van der Waals surface area contributed by atoms with Crippen molar-refractivity contribution in [3.63, 3.8) is 0 Å². The average molecular weight is 406 g/mol. The Labute approximate surface area is 175 Å². The van der Waals surface area contributed by atoms with Gasteiger partial charge in [-0.1, -0.05) is 24.3 Å². The molecule has 1 aliphatic rings. The number of carbonyl (C=O) groups excluding carboxylic acids is 1. The fourth-order valence-corrected chi connectivity index (χ4v) is 4.24. The number of hydrogen-bond donors (Lipinski definition) is 4. The van der Waals surface area contributed by atoms with Crippen molar-refractivity contribution in [2.75, 3.05) is 6.54 Å². The van der Waals surface area contributed by atoms with Crippen molar-refractivity contribution < 1.29 is 15.1 Å². The summed E-state index contributed by atoms with van der Waals surface area (Å²) in [4.78, 5) is 21.3. The number of carbonyl (C=O) groups is 1. The van der Waals surface area contributed by atoms with Gasteiger partial charge in [-0.2, -0.15) is 0 Å². The first-order valence-corrected chi connectivity index (χ1v) is 10.1. The number of β-amino-alcohol motifs (C(OH)–C–C–N with tert-alkyl or cyclic N) is 1. The molecule has 0 spiro atoms. The van der Waals surface area contributed by atoms with Gasteiger partial charge in [0, 0.05) is 48.0 Å². The van der Waals surface area contributed by atoms with E-state index in [1.165, 1.54) is 22.7 Å². The molecular formula is C23H26N4O3. The number of amides is 1. The van der Waals surface area contributed by atoms with Crippen LogP contribution in [0.25, 0.3) is 17.0 Å². The molecule has 4 N–H and O–H groups in total. The first kappa shape index (κ1) is 20.3. The summed E-state index contributed by atoms with van der Waals surface area (Å²) in [6.45, 7) is 3.40. The van der Waals surface area contributed by atoms with Crippen LogP contribution in [-0.2, 0) is 17.8 Å². The number of fused-ring (bicyclic) bond motifs is 1. The number of nitrogens with one attached hydrogen (secondary N) is 2. The third kappa shape index (κ3) is 4.43. The fraction of sp³-hybridized carbons (Fsp3) is 0.304. The zero-order chi connectivity index (χ0) is 21.1. The van der Waals surface area contributed by atoms with E-state index in [9.17, 15) is 9.90 Å². The van der Waals surface area contributed by atoms with Gasteiger partial charge >= 0.3 is 0 Å². The summed E-state index contributed by atoms with van der Waals surface area (Å²) in [5, 5.41) is 20.1. The molecule has 3 heterocycles. The molecule has 0 bridgehead atoms. The number of hydrogen-bond acceptors (Lipinski definition) is 5. The quantitative estimate of drug-likeness (QED) is 0.286. The standard InChI is InChI=1S/C23H26N4O3/c1-15-21(20-4-2-3-5-22(20)25-15)11-18-10-19(28)14-27(18)13-17-8-6-16(12-24-17)7-9-23(29)26-30/h2-9,12,18-19,25,28,30H,10-11,13-14H2,1H3,(H,26,29)/t18-,19-/m1/s1. The summed E-state index contributed by atoms with van der Waals surface area (Å²) in [6, 6.07) is 12.4. The molecule has 0 aliphatic carbocycles. The van der Waals surface area contributed by atoms with Crippen molar-refractivity contribution in [3.8, 4) is 0 Å². The third-order valence-electron chi connectivity index (χ3n) is 5.72. The molecule has 7 heteroatoms. The molecule has 2 aromatic heterocycles. The van der Waals surface area contributed by atoms with Crippen molar-refractivity contribution in [2.24, 2.45) is 0 Å². The van der Waals surface area contributed by atoms with Crippen molar-refractivity contribution in [1.82, 2.24) is 20.3 Å². The summed E-state index contributed by atoms with van der Waals surface area (Å²) in [5.41, 5.74) is 6.88. The number of aliphatic hydroxyl groups is 1. The lowest BCUT2D eigenvalue weighted by molar-refractivity contribution is -0.124. The predicted octanol–water partition coefficient (Wildman–Crippen LogP) is 2.57. The van der Waals surface area contributed by atoms with Gasteiger partial charge in [-0.05, 0) is 49.1 Å². The lowest BCUT2D eigenvalue weighted by Crippen LogP contribution is -2.31. The highest BCUT2D eigenvalue weighted by molar-refractivity contribution is 5.90. The first-order chi connectivity index (χ1) is 14.5. The van der Waals surface area contributed by atoms with Crippen LogP contribution in [-0.4, -0.2) is 49.8 Å². The van der Waals surface area contributed by atoms with Crippen LogP contribution >= 0.6 is 0 Å². The van der Waals surface area contributed by atoms with Crippen molar-refractivity contribution in [1.29, 1.82) is 0 Å². The van der Waals surface area contributed by atoms with E-state index in [-0.39, 0.29) is 12.1 Å². The van der Waals surface area contributed by atoms with Gasteiger partial charge in [-0.3, -0.25) is 19.9 Å². The lowest BCUT2D eigenvalue weighted by atomic mass is 10.0. The zero-order valence-electron chi connectivity index (χ0n) is 16.9. The highest BCUT2D eigenvalue weighted by Gasteiger charge is 2.32. The first-order valence-electron chi connectivity index (χ1n) is 10.1. The number of aromatic amines is 1. The van der Waals surface area contributed by atoms with Crippen LogP contribution in [0, 0.1) is 6.92 Å². The summed E-state index contributed by atoms with van der Waals surface area (Å²) in [6.07, 6.45) is 5.82. The van der Waals surface area contributed by atoms with E-state index in [0.29, 0.717) is 13.1 Å². The molecule has 2 atom stereocenters. The molecule has 30 heavy (non-hydrogen) atoms. The highest BCUT2D eigenvalue weighted by atomic mass is 16.5. The molecule has 1 aromatic carbocycles. The van der Waals surface area contributed by atoms with Gasteiger partial charge in [0.2, 0.25) is 0 Å². The van der Waals surface area contributed by atoms with E-state index in [1.807, 2.05) is 18.2 Å². The number of hydroxylamine groups is 1. The van der Waals surface area contributed by atoms with Gasteiger partial charge in [0.1, 0.15) is 0 Å². The van der Waals surface area contributed by atoms with Crippen LogP contribution in [0.3, 0.4) is 0 Å². The average Bonchev–Trinajstić information content (AvgIpc) is 3.26. The second kappa shape index (κ2) is 8.79. The minimum Gasteiger partial charge on any atom is -0.392 e. The van der Waals surface area contributed by atoms with Crippen LogP contribution in [0.1, 0.15) is 28.9 Å². The second-order valence-electron chi connectivity index (χ2n) is 7.84. The number of aromatic nitrogens is 2. The van der Waals surface area contributed by atoms with Gasteiger partial charge < -0.3 is 10.1 Å². The minimum absolute atomic E-state index is 0.243. The Kier molecular flexibility index (Phi) is 5.94. The maximum Gasteiger partial charge on any atom is 0.267 e. The Bertz CT molecular complexity index is 1060. The Morgan fingerprint density at radius 2 is 2.17 bits per heavy atom. The summed E-state index contributed by atoms with van der Waals surface area (Å²) >= 11 is 0. The summed E-state index contributed by atoms with van der Waals surface area (Å²) in [5.74, 6) is -0.583. The number of aryl methyl sites for hydroxylation is 1. The lowest BCUT2D eigenvalue weighted by Gasteiger charge is -2.24. The molecule has 0 saturated carbocycles. The maximum atomic E-state index is 11.1. The van der Waals surface area contributed by atoms with Gasteiger partial charge in [-0.15, -0.1) is 0 Å². The topological polar surface area (TPSA) is 101 Å². The Morgan fingerprint density at radius 1 is 1.33 bits per heavy atom. The number of para-hydroxylation sites is 1. The van der Waals surface area contributed by atoms with Gasteiger partial charge in [-0.25, -0.2) is 5.48 Å². The van der Waals surface area contributed by atoms with E-state index in [0.717, 1.165) is 29.6 Å². The third-order valence-corrected chi connectivity index (χ3v) is 5.72. The van der Waals surface area contributed by atoms with Crippen molar-refractivity contribution in [3.05, 3.63) is 71.2 Å². The number of aliphatic hydroxyl groups excluding tert-OH is 1. The van der Waals surface area contributed by atoms with Crippen molar-refractivity contribution >= 4 is 22.9 Å². The van der Waals surface area contributed by atoms with Crippen LogP contribution in [0.4, 0.5) is 0 Å². The number of likely N-dealkylation sites (tertiary alicyclic amines) is 1. The Hall–Kier alpha value is -3.00. The van der Waals surface area contributed by atoms with Crippen LogP contribution in [0.5, 0.6) is 0 Å². The van der Waals surface area contributed by atoms with E-state index in [1.54, 1.807) is 17.8 Å². The van der Waals surface area contributed by atoms with E-state index >= 15 is 0 Å². The molecule has 156 valence electrons. The minimum atomic E-state index is -0.583. The molecule has 1 aliphatic heterocycles. The summed E-state index contributed by atoms with van der Waals surface area (Å²) < 4.78 is 0. The Morgan fingerprint density at radius 3 is 2.93 bits per heavy atom. The molecular weight excluding hydrogens is 380 g/mol. The van der Waals surface area contributed by atoms with Crippen LogP contribution < -0.4 is 5.48 Å². The van der Waals surface area contributed by atoms with E-state index < -0.39 is 5.91 Å². The zero-order valence-corrected chi connectivity index (χ0v) is 16.9. The van der Waals surface area contributed by atoms with Crippen LogP contribution in [0.2, 0.25) is 0 Å². The normalized spacial score (nSPS) is 19.7. The molecule has 1 fully saturated rings. The largest absolute Gasteiger partial charge is 0.392 e. The number of H-pyrrole nitrogens is 1. The predicted molar refractivity (Wildman–Crippen MR) is 115 cm³/mol. The molecule has 1 amide bonds. The second-order valence-corrected chi connectivity index (χ2v) is 7.84. The molecule has 3 aromatic rings. The molecule has 7 nitrogen and oxygen atoms in total. The SMILES string of the molecule is Cc1[nH]c2ccccc2c1C[C@H]1C[C@@H](O)CN1Cc1ccc(C=CC(=O)NO)cn1. The smallest absolute Gasteiger partial charge is 0.267 e. The van der Waals surface area contributed by atoms with Gasteiger partial charge in [0.15, 0.2) is 0 Å². The molecule has 0 unspecified atom stereocenters. The number of benzene rings is 1. The van der Waals surface area contributed by atoms with Crippen LogP contribution in [0.15, 0.2) is 48.7 Å². The summed E-state index contributed by atoms with van der Waals surface area (Å²) in [7, 11) is 0. The number of rotatable bonds is 6. The fourth-order valence-electron chi connectivity index (χ4n) is 4.24.